The first-order chi connectivity index (χ1) is 8.17. The number of nitrogens with one attached hydrogen (secondary N) is 2. The molecule has 0 aromatic heterocycles. The number of amides is 1. The predicted octanol–water partition coefficient (Wildman–Crippen LogP) is 3.00. The van der Waals surface area contributed by atoms with Crippen molar-refractivity contribution in [1.82, 2.24) is 4.72 Å². The van der Waals surface area contributed by atoms with Gasteiger partial charge in [-0.1, -0.05) is 51.3 Å². The van der Waals surface area contributed by atoms with E-state index in [1.165, 1.54) is 0 Å². The monoisotopic (exact) mass is 252 g/mol. The van der Waals surface area contributed by atoms with Crippen molar-refractivity contribution in [3.05, 3.63) is 29.8 Å². The lowest BCUT2D eigenvalue weighted by Gasteiger charge is -2.12. The Morgan fingerprint density at radius 1 is 1.41 bits per heavy atom. The summed E-state index contributed by atoms with van der Waals surface area (Å²) < 4.78 is 2.79. The van der Waals surface area contributed by atoms with E-state index >= 15 is 0 Å². The fourth-order valence-electron chi connectivity index (χ4n) is 1.54. The smallest absolute Gasteiger partial charge is 0.224 e. The molecule has 0 spiro atoms. The van der Waals surface area contributed by atoms with Gasteiger partial charge in [-0.05, 0) is 17.5 Å². The van der Waals surface area contributed by atoms with E-state index in [0.29, 0.717) is 18.9 Å². The Kier molecular flexibility index (Phi) is 6.08. The minimum absolute atomic E-state index is 0.0750. The average molecular weight is 252 g/mol. The van der Waals surface area contributed by atoms with Crippen molar-refractivity contribution in [1.29, 1.82) is 0 Å². The fraction of sp³-hybridized carbons (Fsp3) is 0.462. The highest BCUT2D eigenvalue weighted by atomic mass is 32.1. The number of benzene rings is 1. The molecule has 0 bridgehead atoms. The van der Waals surface area contributed by atoms with E-state index in [1.54, 1.807) is 0 Å². The topological polar surface area (TPSA) is 41.1 Å². The van der Waals surface area contributed by atoms with Crippen LogP contribution < -0.4 is 10.0 Å². The summed E-state index contributed by atoms with van der Waals surface area (Å²) in [4.78, 5) is 11.8. The van der Waals surface area contributed by atoms with Crippen LogP contribution in [-0.4, -0.2) is 5.91 Å². The van der Waals surface area contributed by atoms with E-state index in [4.69, 9.17) is 0 Å². The Morgan fingerprint density at radius 3 is 2.76 bits per heavy atom. The summed E-state index contributed by atoms with van der Waals surface area (Å²) in [6, 6.07) is 7.75. The molecule has 0 saturated heterocycles. The van der Waals surface area contributed by atoms with Crippen LogP contribution in [0.15, 0.2) is 24.3 Å². The summed E-state index contributed by atoms with van der Waals surface area (Å²) in [6.45, 7) is 4.81. The first-order valence-electron chi connectivity index (χ1n) is 5.92. The molecular formula is C13H20N2OS. The van der Waals surface area contributed by atoms with Gasteiger partial charge in [-0.3, -0.25) is 9.52 Å². The van der Waals surface area contributed by atoms with Gasteiger partial charge in [0.15, 0.2) is 0 Å². The van der Waals surface area contributed by atoms with Crippen molar-refractivity contribution >= 4 is 24.4 Å². The molecule has 0 aliphatic rings. The van der Waals surface area contributed by atoms with E-state index in [1.807, 2.05) is 24.3 Å². The number of hydrogen-bond donors (Lipinski definition) is 3. The maximum Gasteiger partial charge on any atom is 0.224 e. The zero-order valence-electron chi connectivity index (χ0n) is 10.4. The molecule has 0 fully saturated rings. The van der Waals surface area contributed by atoms with Crippen molar-refractivity contribution < 1.29 is 4.79 Å². The first kappa shape index (κ1) is 14.1. The third-order valence-corrected chi connectivity index (χ3v) is 2.95. The molecule has 2 N–H and O–H groups in total. The first-order valence-corrected chi connectivity index (χ1v) is 6.36. The Morgan fingerprint density at radius 2 is 2.12 bits per heavy atom. The summed E-state index contributed by atoms with van der Waals surface area (Å²) in [5, 5.41) is 2.95. The van der Waals surface area contributed by atoms with E-state index in [0.717, 1.165) is 17.7 Å². The summed E-state index contributed by atoms with van der Waals surface area (Å²) in [5.41, 5.74) is 1.90. The number of carbonyl (C=O) groups excluding carboxylic acids is 1. The van der Waals surface area contributed by atoms with Gasteiger partial charge in [-0.15, -0.1) is 0 Å². The molecule has 0 aliphatic carbocycles. The summed E-state index contributed by atoms with van der Waals surface area (Å²) in [7, 11) is 0. The van der Waals surface area contributed by atoms with Crippen molar-refractivity contribution in [3.8, 4) is 0 Å². The van der Waals surface area contributed by atoms with Crippen LogP contribution in [0.1, 0.15) is 32.3 Å². The number of para-hydroxylation sites is 1. The standard InChI is InChI=1S/C13H20N2OS/c1-3-10(2)8-13(16)15-12-7-5-4-6-11(12)9-14-17/h4-7,10,14,17H,3,8-9H2,1-2H3,(H,15,16). The number of hydrogen-bond acceptors (Lipinski definition) is 3. The van der Waals surface area contributed by atoms with Crippen LogP contribution in [0, 0.1) is 5.92 Å². The third kappa shape index (κ3) is 4.79. The molecule has 1 rings (SSSR count). The molecule has 4 heteroatoms. The number of carbonyl (C=O) groups is 1. The maximum absolute atomic E-state index is 11.8. The predicted molar refractivity (Wildman–Crippen MR) is 75.0 cm³/mol. The second-order valence-corrected chi connectivity index (χ2v) is 4.57. The van der Waals surface area contributed by atoms with Gasteiger partial charge in [-0.2, -0.15) is 0 Å². The van der Waals surface area contributed by atoms with Crippen LogP contribution in [0.5, 0.6) is 0 Å². The van der Waals surface area contributed by atoms with Crippen molar-refractivity contribution in [2.24, 2.45) is 5.92 Å². The van der Waals surface area contributed by atoms with Crippen LogP contribution in [0.2, 0.25) is 0 Å². The lowest BCUT2D eigenvalue weighted by Crippen LogP contribution is -2.16. The minimum Gasteiger partial charge on any atom is -0.326 e. The van der Waals surface area contributed by atoms with Crippen LogP contribution in [0.4, 0.5) is 5.69 Å². The Labute approximate surface area is 109 Å². The van der Waals surface area contributed by atoms with Crippen LogP contribution in [0.3, 0.4) is 0 Å². The summed E-state index contributed by atoms with van der Waals surface area (Å²) >= 11 is 3.98. The quantitative estimate of drug-likeness (QED) is 0.681. The molecule has 1 unspecified atom stereocenters. The van der Waals surface area contributed by atoms with Gasteiger partial charge in [0.05, 0.1) is 0 Å². The second-order valence-electron chi connectivity index (χ2n) is 4.26. The summed E-state index contributed by atoms with van der Waals surface area (Å²) in [6.07, 6.45) is 1.59. The van der Waals surface area contributed by atoms with Gasteiger partial charge in [-0.25, -0.2) is 0 Å². The van der Waals surface area contributed by atoms with Gasteiger partial charge < -0.3 is 5.32 Å². The Balaban J connectivity index is 2.64. The molecule has 17 heavy (non-hydrogen) atoms. The highest BCUT2D eigenvalue weighted by Crippen LogP contribution is 2.16. The van der Waals surface area contributed by atoms with Crippen LogP contribution >= 0.6 is 12.8 Å². The van der Waals surface area contributed by atoms with Crippen molar-refractivity contribution in [2.45, 2.75) is 33.2 Å². The zero-order chi connectivity index (χ0) is 12.7. The van der Waals surface area contributed by atoms with Gasteiger partial charge in [0.2, 0.25) is 5.91 Å². The number of thiol groups is 1. The van der Waals surface area contributed by atoms with Gasteiger partial charge in [0.25, 0.3) is 0 Å². The highest BCUT2D eigenvalue weighted by Gasteiger charge is 2.09. The van der Waals surface area contributed by atoms with Gasteiger partial charge in [0.1, 0.15) is 0 Å². The molecule has 1 atom stereocenters. The number of rotatable bonds is 6. The molecule has 94 valence electrons. The van der Waals surface area contributed by atoms with Crippen LogP contribution in [0.25, 0.3) is 0 Å². The van der Waals surface area contributed by atoms with E-state index in [9.17, 15) is 4.79 Å². The Bertz CT molecular complexity index is 368. The lowest BCUT2D eigenvalue weighted by atomic mass is 10.0. The molecule has 3 nitrogen and oxygen atoms in total. The Hall–Kier alpha value is -1.00. The average Bonchev–Trinajstić information content (AvgIpc) is 2.31. The van der Waals surface area contributed by atoms with E-state index < -0.39 is 0 Å². The molecule has 1 aromatic rings. The van der Waals surface area contributed by atoms with Crippen LogP contribution in [-0.2, 0) is 11.3 Å². The van der Waals surface area contributed by atoms with Gasteiger partial charge in [0, 0.05) is 18.7 Å². The molecule has 0 saturated carbocycles. The molecule has 0 radical (unpaired) electrons. The molecule has 1 amide bonds. The van der Waals surface area contributed by atoms with Gasteiger partial charge >= 0.3 is 0 Å². The fourth-order valence-corrected chi connectivity index (χ4v) is 1.71. The van der Waals surface area contributed by atoms with E-state index in [-0.39, 0.29) is 5.91 Å². The molecule has 0 aliphatic heterocycles. The molecular weight excluding hydrogens is 232 g/mol. The number of anilines is 1. The largest absolute Gasteiger partial charge is 0.326 e. The zero-order valence-corrected chi connectivity index (χ0v) is 11.3. The lowest BCUT2D eigenvalue weighted by molar-refractivity contribution is -0.117. The molecule has 0 heterocycles. The SMILES string of the molecule is CCC(C)CC(=O)Nc1ccccc1CNS. The summed E-state index contributed by atoms with van der Waals surface area (Å²) in [5.74, 6) is 0.496. The van der Waals surface area contributed by atoms with E-state index in [2.05, 4.69) is 36.7 Å². The normalized spacial score (nSPS) is 12.2. The third-order valence-electron chi connectivity index (χ3n) is 2.79. The second kappa shape index (κ2) is 7.35. The maximum atomic E-state index is 11.8. The highest BCUT2D eigenvalue weighted by molar-refractivity contribution is 7.78. The van der Waals surface area contributed by atoms with Crippen molar-refractivity contribution in [3.63, 3.8) is 0 Å². The minimum atomic E-state index is 0.0750. The van der Waals surface area contributed by atoms with Crippen molar-refractivity contribution in [2.75, 3.05) is 5.32 Å². The molecule has 1 aromatic carbocycles.